The summed E-state index contributed by atoms with van der Waals surface area (Å²) >= 11 is 0. The molecule has 0 saturated carbocycles. The van der Waals surface area contributed by atoms with Gasteiger partial charge in [0.2, 0.25) is 0 Å². The van der Waals surface area contributed by atoms with Crippen LogP contribution in [0.4, 0.5) is 11.5 Å². The summed E-state index contributed by atoms with van der Waals surface area (Å²) in [7, 11) is -3.63. The molecule has 1 aromatic carbocycles. The van der Waals surface area contributed by atoms with Crippen molar-refractivity contribution in [3.05, 3.63) is 54.7 Å². The lowest BCUT2D eigenvalue weighted by atomic mass is 10.2. The van der Waals surface area contributed by atoms with Gasteiger partial charge in [0.15, 0.2) is 0 Å². The van der Waals surface area contributed by atoms with E-state index in [-0.39, 0.29) is 17.3 Å². The van der Waals surface area contributed by atoms with Crippen LogP contribution in [-0.2, 0) is 10.0 Å². The molecule has 0 bridgehead atoms. The highest BCUT2D eigenvalue weighted by molar-refractivity contribution is 7.92. The molecule has 8 heteroatoms. The summed E-state index contributed by atoms with van der Waals surface area (Å²) in [5.74, 6) is 0.879. The molecule has 1 fully saturated rings. The van der Waals surface area contributed by atoms with Crippen LogP contribution in [0, 0.1) is 0 Å². The summed E-state index contributed by atoms with van der Waals surface area (Å²) in [5.41, 5.74) is 1.33. The minimum absolute atomic E-state index is 0. The topological polar surface area (TPSA) is 65.5 Å². The highest BCUT2D eigenvalue weighted by Gasteiger charge is 2.18. The molecular formula is C20H27ClN4O2S. The first kappa shape index (κ1) is 22.2. The summed E-state index contributed by atoms with van der Waals surface area (Å²) < 4.78 is 27.6. The van der Waals surface area contributed by atoms with Crippen LogP contribution in [0.3, 0.4) is 0 Å². The van der Waals surface area contributed by atoms with E-state index in [1.54, 1.807) is 42.6 Å². The Morgan fingerprint density at radius 2 is 1.79 bits per heavy atom. The van der Waals surface area contributed by atoms with Crippen molar-refractivity contribution in [2.75, 3.05) is 42.3 Å². The summed E-state index contributed by atoms with van der Waals surface area (Å²) in [5, 5.41) is 0. The number of hydrogen-bond acceptors (Lipinski definition) is 5. The van der Waals surface area contributed by atoms with Gasteiger partial charge in [-0.1, -0.05) is 31.7 Å². The third kappa shape index (κ3) is 5.47. The monoisotopic (exact) mass is 422 g/mol. The molecule has 1 aliphatic rings. The Morgan fingerprint density at radius 3 is 2.32 bits per heavy atom. The van der Waals surface area contributed by atoms with Crippen LogP contribution < -0.4 is 9.62 Å². The Balaban J connectivity index is 0.00000280. The van der Waals surface area contributed by atoms with Crippen molar-refractivity contribution in [1.82, 2.24) is 9.88 Å². The predicted molar refractivity (Wildman–Crippen MR) is 118 cm³/mol. The van der Waals surface area contributed by atoms with Crippen molar-refractivity contribution in [1.29, 1.82) is 0 Å². The molecule has 1 saturated heterocycles. The molecule has 2 aromatic rings. The molecule has 1 aromatic heterocycles. The number of sulfonamides is 1. The Morgan fingerprint density at radius 1 is 1.11 bits per heavy atom. The molecule has 0 aliphatic carbocycles. The number of rotatable bonds is 7. The lowest BCUT2D eigenvalue weighted by Crippen LogP contribution is -2.46. The first-order valence-corrected chi connectivity index (χ1v) is 10.7. The lowest BCUT2D eigenvalue weighted by molar-refractivity contribution is 0.258. The third-order valence-corrected chi connectivity index (χ3v) is 6.06. The van der Waals surface area contributed by atoms with Crippen molar-refractivity contribution < 1.29 is 8.42 Å². The molecular weight excluding hydrogens is 396 g/mol. The number of halogens is 1. The highest BCUT2D eigenvalue weighted by atomic mass is 35.5. The zero-order chi connectivity index (χ0) is 19.3. The number of nitrogens with one attached hydrogen (secondary N) is 1. The van der Waals surface area contributed by atoms with Crippen LogP contribution in [0.2, 0.25) is 0 Å². The number of aromatic nitrogens is 1. The lowest BCUT2D eigenvalue weighted by Gasteiger charge is -2.35. The molecule has 0 amide bonds. The fourth-order valence-corrected chi connectivity index (χ4v) is 4.19. The van der Waals surface area contributed by atoms with Crippen molar-refractivity contribution >= 4 is 40.0 Å². The van der Waals surface area contributed by atoms with E-state index >= 15 is 0 Å². The van der Waals surface area contributed by atoms with E-state index in [2.05, 4.69) is 33.0 Å². The van der Waals surface area contributed by atoms with Gasteiger partial charge < -0.3 is 4.90 Å². The maximum absolute atomic E-state index is 12.5. The van der Waals surface area contributed by atoms with E-state index in [1.807, 2.05) is 6.07 Å². The van der Waals surface area contributed by atoms with Gasteiger partial charge in [-0.25, -0.2) is 13.4 Å². The number of benzene rings is 1. The molecule has 2 heterocycles. The Labute approximate surface area is 173 Å². The smallest absolute Gasteiger partial charge is 0.261 e. The van der Waals surface area contributed by atoms with Gasteiger partial charge in [0.25, 0.3) is 10.0 Å². The van der Waals surface area contributed by atoms with E-state index in [9.17, 15) is 8.42 Å². The van der Waals surface area contributed by atoms with E-state index in [0.717, 1.165) is 44.1 Å². The van der Waals surface area contributed by atoms with Gasteiger partial charge in [-0.2, -0.15) is 0 Å². The minimum Gasteiger partial charge on any atom is -0.354 e. The Hall–Kier alpha value is -2.09. The van der Waals surface area contributed by atoms with E-state index in [1.165, 1.54) is 6.42 Å². The normalized spacial score (nSPS) is 15.0. The van der Waals surface area contributed by atoms with Crippen LogP contribution in [0.15, 0.2) is 54.1 Å². The molecule has 0 spiro atoms. The van der Waals surface area contributed by atoms with Gasteiger partial charge in [-0.05, 0) is 42.8 Å². The molecule has 6 nitrogen and oxygen atoms in total. The first-order valence-electron chi connectivity index (χ1n) is 9.20. The Kier molecular flexibility index (Phi) is 7.86. The van der Waals surface area contributed by atoms with Crippen molar-refractivity contribution in [3.8, 4) is 0 Å². The predicted octanol–water partition coefficient (Wildman–Crippen LogP) is 3.48. The third-order valence-electron chi connectivity index (χ3n) is 4.66. The first-order chi connectivity index (χ1) is 13.0. The summed E-state index contributed by atoms with van der Waals surface area (Å²) in [6.07, 6.45) is 4.42. The maximum Gasteiger partial charge on any atom is 0.261 e. The molecule has 152 valence electrons. The van der Waals surface area contributed by atoms with Gasteiger partial charge in [-0.3, -0.25) is 9.62 Å². The van der Waals surface area contributed by atoms with Crippen LogP contribution >= 0.6 is 12.4 Å². The number of hydrogen-bond donors (Lipinski definition) is 1. The number of anilines is 2. The quantitative estimate of drug-likeness (QED) is 0.739. The van der Waals surface area contributed by atoms with Crippen LogP contribution in [0.25, 0.3) is 6.08 Å². The second kappa shape index (κ2) is 9.91. The van der Waals surface area contributed by atoms with Gasteiger partial charge in [-0.15, -0.1) is 12.4 Å². The molecule has 0 radical (unpaired) electrons. The van der Waals surface area contributed by atoms with Gasteiger partial charge in [0, 0.05) is 26.2 Å². The van der Waals surface area contributed by atoms with Gasteiger partial charge in [0.1, 0.15) is 5.82 Å². The van der Waals surface area contributed by atoms with Gasteiger partial charge >= 0.3 is 0 Å². The average Bonchev–Trinajstić information content (AvgIpc) is 2.69. The molecule has 28 heavy (non-hydrogen) atoms. The standard InChI is InChI=1S/C20H26N4O2S.ClH/c1-3-11-23-12-14-24(15-13-23)20-10-7-18(16-21-20)22-27(25,26)19-8-5-17(4-2)6-9-19;/h4-10,16,22H,2-3,11-15H2,1H3;1H. The summed E-state index contributed by atoms with van der Waals surface area (Å²) in [4.78, 5) is 9.35. The fraction of sp³-hybridized carbons (Fsp3) is 0.350. The molecule has 0 atom stereocenters. The van der Waals surface area contributed by atoms with Gasteiger partial charge in [0.05, 0.1) is 16.8 Å². The molecule has 1 N–H and O–H groups in total. The van der Waals surface area contributed by atoms with Crippen molar-refractivity contribution in [2.45, 2.75) is 18.2 Å². The number of nitrogens with zero attached hydrogens (tertiary/aromatic N) is 3. The van der Waals surface area contributed by atoms with E-state index in [0.29, 0.717) is 5.69 Å². The number of pyridine rings is 1. The summed E-state index contributed by atoms with van der Waals surface area (Å²) in [6, 6.07) is 10.2. The zero-order valence-electron chi connectivity index (χ0n) is 16.0. The van der Waals surface area contributed by atoms with Crippen LogP contribution in [-0.4, -0.2) is 51.0 Å². The maximum atomic E-state index is 12.5. The minimum atomic E-state index is -3.63. The average molecular weight is 423 g/mol. The van der Waals surface area contributed by atoms with Crippen molar-refractivity contribution in [2.24, 2.45) is 0 Å². The largest absolute Gasteiger partial charge is 0.354 e. The SMILES string of the molecule is C=Cc1ccc(S(=O)(=O)Nc2ccc(N3CCN(CCC)CC3)nc2)cc1.Cl. The van der Waals surface area contributed by atoms with Crippen molar-refractivity contribution in [3.63, 3.8) is 0 Å². The molecule has 1 aliphatic heterocycles. The second-order valence-electron chi connectivity index (χ2n) is 6.61. The highest BCUT2D eigenvalue weighted by Crippen LogP contribution is 2.20. The van der Waals surface area contributed by atoms with Crippen LogP contribution in [0.1, 0.15) is 18.9 Å². The molecule has 0 unspecified atom stereocenters. The second-order valence-corrected chi connectivity index (χ2v) is 8.29. The van der Waals surface area contributed by atoms with E-state index < -0.39 is 10.0 Å². The Bertz CT molecular complexity index is 862. The zero-order valence-corrected chi connectivity index (χ0v) is 17.7. The fourth-order valence-electron chi connectivity index (χ4n) is 3.15. The number of piperazine rings is 1. The summed E-state index contributed by atoms with van der Waals surface area (Å²) in [6.45, 7) is 10.9. The molecule has 3 rings (SSSR count). The van der Waals surface area contributed by atoms with E-state index in [4.69, 9.17) is 0 Å². The van der Waals surface area contributed by atoms with Crippen LogP contribution in [0.5, 0.6) is 0 Å².